The number of hydrogen-bond acceptors (Lipinski definition) is 8. The standard InChI is InChI=1S/C19H18N2O6S2/c1-3-26-16-10-12(11-17-18(22)21-19(20)28-17)4-9-15(16)27-29(23,24)14-7-5-13(25-2)6-8-14/h4-11H,3H2,1-2H3,(H2,20,21,22)/b17-11-. The number of methoxy groups -OCH3 is 1. The van der Waals surface area contributed by atoms with E-state index in [1.807, 2.05) is 0 Å². The lowest BCUT2D eigenvalue weighted by Crippen LogP contribution is -2.11. The number of ether oxygens (including phenoxy) is 2. The van der Waals surface area contributed by atoms with Gasteiger partial charge in [0.1, 0.15) is 10.6 Å². The van der Waals surface area contributed by atoms with Crippen LogP contribution in [0.4, 0.5) is 0 Å². The zero-order valence-corrected chi connectivity index (χ0v) is 17.2. The summed E-state index contributed by atoms with van der Waals surface area (Å²) in [6, 6.07) is 10.5. The number of nitrogens with two attached hydrogens (primary N) is 1. The van der Waals surface area contributed by atoms with Crippen molar-refractivity contribution in [3.8, 4) is 17.2 Å². The summed E-state index contributed by atoms with van der Waals surface area (Å²) in [7, 11) is -2.59. The Bertz CT molecular complexity index is 1090. The minimum Gasteiger partial charge on any atom is -0.497 e. The Morgan fingerprint density at radius 1 is 1.14 bits per heavy atom. The number of amides is 1. The highest BCUT2D eigenvalue weighted by Gasteiger charge is 2.21. The molecule has 0 saturated heterocycles. The van der Waals surface area contributed by atoms with E-state index in [1.54, 1.807) is 25.1 Å². The van der Waals surface area contributed by atoms with Crippen molar-refractivity contribution in [2.45, 2.75) is 11.8 Å². The van der Waals surface area contributed by atoms with Crippen molar-refractivity contribution in [1.82, 2.24) is 0 Å². The van der Waals surface area contributed by atoms with Crippen LogP contribution in [0.1, 0.15) is 12.5 Å². The number of hydrogen-bond donors (Lipinski definition) is 1. The maximum atomic E-state index is 12.6. The second kappa shape index (κ2) is 8.58. The van der Waals surface area contributed by atoms with Gasteiger partial charge in [-0.2, -0.15) is 13.4 Å². The lowest BCUT2D eigenvalue weighted by Gasteiger charge is -2.13. The summed E-state index contributed by atoms with van der Waals surface area (Å²) < 4.78 is 41.0. The van der Waals surface area contributed by atoms with Crippen LogP contribution in [0.15, 0.2) is 57.3 Å². The van der Waals surface area contributed by atoms with Gasteiger partial charge in [-0.1, -0.05) is 6.07 Å². The van der Waals surface area contributed by atoms with Crippen LogP contribution in [0.25, 0.3) is 6.08 Å². The molecule has 0 radical (unpaired) electrons. The van der Waals surface area contributed by atoms with E-state index in [0.29, 0.717) is 22.8 Å². The van der Waals surface area contributed by atoms with E-state index in [0.717, 1.165) is 11.8 Å². The van der Waals surface area contributed by atoms with Crippen LogP contribution >= 0.6 is 11.8 Å². The molecule has 10 heteroatoms. The summed E-state index contributed by atoms with van der Waals surface area (Å²) in [6.07, 6.45) is 1.60. The van der Waals surface area contributed by atoms with Crippen molar-refractivity contribution in [2.24, 2.45) is 10.7 Å². The van der Waals surface area contributed by atoms with E-state index < -0.39 is 16.0 Å². The van der Waals surface area contributed by atoms with Gasteiger partial charge in [0.2, 0.25) is 0 Å². The molecule has 0 aromatic heterocycles. The number of carbonyl (C=O) groups is 1. The SMILES string of the molecule is CCOc1cc(/C=C2\SC(N)=NC2=O)ccc1OS(=O)(=O)c1ccc(OC)cc1. The van der Waals surface area contributed by atoms with Gasteiger partial charge in [0.15, 0.2) is 16.7 Å². The Morgan fingerprint density at radius 3 is 2.45 bits per heavy atom. The highest BCUT2D eigenvalue weighted by atomic mass is 32.2. The predicted molar refractivity (Wildman–Crippen MR) is 111 cm³/mol. The molecule has 1 aliphatic rings. The van der Waals surface area contributed by atoms with E-state index in [2.05, 4.69) is 4.99 Å². The van der Waals surface area contributed by atoms with Gasteiger partial charge in [0.25, 0.3) is 5.91 Å². The molecule has 29 heavy (non-hydrogen) atoms. The highest BCUT2D eigenvalue weighted by molar-refractivity contribution is 8.18. The third-order valence-corrected chi connectivity index (χ3v) is 5.81. The summed E-state index contributed by atoms with van der Waals surface area (Å²) in [5.41, 5.74) is 6.16. The molecule has 0 bridgehead atoms. The maximum absolute atomic E-state index is 12.6. The number of nitrogens with zero attached hydrogens (tertiary/aromatic N) is 1. The van der Waals surface area contributed by atoms with Gasteiger partial charge in [0.05, 0.1) is 18.6 Å². The van der Waals surface area contributed by atoms with Crippen LogP contribution in [0.3, 0.4) is 0 Å². The smallest absolute Gasteiger partial charge is 0.339 e. The molecule has 1 heterocycles. The van der Waals surface area contributed by atoms with Crippen LogP contribution < -0.4 is 19.4 Å². The Labute approximate surface area is 172 Å². The number of amidine groups is 1. The molecule has 0 aliphatic carbocycles. The Kier molecular flexibility index (Phi) is 6.14. The fourth-order valence-corrected chi connectivity index (χ4v) is 4.06. The third-order valence-electron chi connectivity index (χ3n) is 3.75. The summed E-state index contributed by atoms with van der Waals surface area (Å²) in [5.74, 6) is 0.363. The molecule has 3 rings (SSSR count). The van der Waals surface area contributed by atoms with Gasteiger partial charge in [-0.05, 0) is 66.7 Å². The number of benzene rings is 2. The fraction of sp³-hybridized carbons (Fsp3) is 0.158. The summed E-state index contributed by atoms with van der Waals surface area (Å²) in [6.45, 7) is 2.06. The molecule has 1 amide bonds. The first-order valence-electron chi connectivity index (χ1n) is 8.46. The van der Waals surface area contributed by atoms with Gasteiger partial charge < -0.3 is 19.4 Å². The largest absolute Gasteiger partial charge is 0.497 e. The molecule has 1 aliphatic heterocycles. The number of aliphatic imine (C=N–C) groups is 1. The molecule has 0 atom stereocenters. The van der Waals surface area contributed by atoms with Gasteiger partial charge >= 0.3 is 10.1 Å². The van der Waals surface area contributed by atoms with E-state index >= 15 is 0 Å². The van der Waals surface area contributed by atoms with Crippen molar-refractivity contribution >= 4 is 39.0 Å². The van der Waals surface area contributed by atoms with Gasteiger partial charge in [-0.25, -0.2) is 0 Å². The molecule has 8 nitrogen and oxygen atoms in total. The predicted octanol–water partition coefficient (Wildman–Crippen LogP) is 2.79. The van der Waals surface area contributed by atoms with Gasteiger partial charge in [-0.3, -0.25) is 4.79 Å². The van der Waals surface area contributed by atoms with Crippen LogP contribution in [0, 0.1) is 0 Å². The molecule has 2 aromatic carbocycles. The normalized spacial score (nSPS) is 15.3. The molecule has 152 valence electrons. The maximum Gasteiger partial charge on any atom is 0.339 e. The van der Waals surface area contributed by atoms with Crippen molar-refractivity contribution in [2.75, 3.05) is 13.7 Å². The van der Waals surface area contributed by atoms with Crippen molar-refractivity contribution < 1.29 is 26.9 Å². The van der Waals surface area contributed by atoms with Gasteiger partial charge in [-0.15, -0.1) is 0 Å². The van der Waals surface area contributed by atoms with Crippen molar-refractivity contribution in [3.63, 3.8) is 0 Å². The second-order valence-corrected chi connectivity index (χ2v) is 8.33. The molecular weight excluding hydrogens is 416 g/mol. The Morgan fingerprint density at radius 2 is 1.86 bits per heavy atom. The molecule has 2 aromatic rings. The lowest BCUT2D eigenvalue weighted by atomic mass is 10.2. The minimum atomic E-state index is -4.07. The Hall–Kier alpha value is -2.98. The van der Waals surface area contributed by atoms with E-state index in [9.17, 15) is 13.2 Å². The van der Waals surface area contributed by atoms with Gasteiger partial charge in [0, 0.05) is 0 Å². The summed E-state index contributed by atoms with van der Waals surface area (Å²) in [4.78, 5) is 15.7. The number of carbonyl (C=O) groups excluding carboxylic acids is 1. The molecule has 0 unspecified atom stereocenters. The van der Waals surface area contributed by atoms with Crippen LogP contribution in [0.2, 0.25) is 0 Å². The average molecular weight is 434 g/mol. The average Bonchev–Trinajstić information content (AvgIpc) is 3.01. The van der Waals surface area contributed by atoms with Crippen molar-refractivity contribution in [1.29, 1.82) is 0 Å². The highest BCUT2D eigenvalue weighted by Crippen LogP contribution is 2.34. The van der Waals surface area contributed by atoms with Crippen molar-refractivity contribution in [3.05, 3.63) is 52.9 Å². The topological polar surface area (TPSA) is 117 Å². The first kappa shape index (κ1) is 20.7. The quantitative estimate of drug-likeness (QED) is 0.522. The third kappa shape index (κ3) is 4.90. The van der Waals surface area contributed by atoms with Crippen LogP contribution in [-0.4, -0.2) is 33.2 Å². The van der Waals surface area contributed by atoms with Crippen LogP contribution in [0.5, 0.6) is 17.2 Å². The van der Waals surface area contributed by atoms with E-state index in [4.69, 9.17) is 19.4 Å². The molecule has 0 fully saturated rings. The molecule has 0 saturated carbocycles. The van der Waals surface area contributed by atoms with Crippen LogP contribution in [-0.2, 0) is 14.9 Å². The molecular formula is C19H18N2O6S2. The molecule has 0 spiro atoms. The lowest BCUT2D eigenvalue weighted by molar-refractivity contribution is -0.113. The monoisotopic (exact) mass is 434 g/mol. The number of rotatable bonds is 7. The zero-order valence-electron chi connectivity index (χ0n) is 15.6. The first-order valence-corrected chi connectivity index (χ1v) is 10.7. The summed E-state index contributed by atoms with van der Waals surface area (Å²) >= 11 is 1.06. The second-order valence-electron chi connectivity index (χ2n) is 5.72. The Balaban J connectivity index is 1.88. The summed E-state index contributed by atoms with van der Waals surface area (Å²) in [5, 5.41) is 0.178. The first-order chi connectivity index (χ1) is 13.8. The number of thioether (sulfide) groups is 1. The molecule has 2 N–H and O–H groups in total. The fourth-order valence-electron chi connectivity index (χ4n) is 2.44. The van der Waals surface area contributed by atoms with E-state index in [1.165, 1.54) is 37.4 Å². The van der Waals surface area contributed by atoms with E-state index in [-0.39, 0.29) is 21.6 Å². The zero-order chi connectivity index (χ0) is 21.0. The minimum absolute atomic E-state index is 0.0208.